The Hall–Kier alpha value is -3.02. The van der Waals surface area contributed by atoms with Crippen molar-refractivity contribution < 1.29 is 13.6 Å². The second kappa shape index (κ2) is 6.37. The molecule has 0 radical (unpaired) electrons. The molecule has 1 aliphatic heterocycles. The van der Waals surface area contributed by atoms with Crippen LogP contribution in [0.4, 0.5) is 8.78 Å². The van der Waals surface area contributed by atoms with Crippen LogP contribution in [0.15, 0.2) is 48.5 Å². The molecular weight excluding hydrogens is 336 g/mol. The van der Waals surface area contributed by atoms with E-state index in [1.165, 1.54) is 24.3 Å². The van der Waals surface area contributed by atoms with Crippen molar-refractivity contribution in [1.29, 1.82) is 0 Å². The third kappa shape index (κ3) is 2.87. The van der Waals surface area contributed by atoms with Crippen LogP contribution in [0.25, 0.3) is 16.9 Å². The Morgan fingerprint density at radius 3 is 2.23 bits per heavy atom. The van der Waals surface area contributed by atoms with Gasteiger partial charge in [0.1, 0.15) is 11.6 Å². The van der Waals surface area contributed by atoms with Crippen LogP contribution in [0, 0.1) is 11.6 Å². The van der Waals surface area contributed by atoms with Crippen LogP contribution in [0.5, 0.6) is 0 Å². The largest absolute Gasteiger partial charge is 0.338 e. The lowest BCUT2D eigenvalue weighted by atomic mass is 10.0. The van der Waals surface area contributed by atoms with Crippen LogP contribution < -0.4 is 0 Å². The maximum Gasteiger partial charge on any atom is 0.219 e. The quantitative estimate of drug-likeness (QED) is 0.704. The van der Waals surface area contributed by atoms with Crippen molar-refractivity contribution >= 4 is 5.91 Å². The Balaban J connectivity index is 1.86. The molecule has 4 rings (SSSR count). The molecule has 0 aliphatic carbocycles. The Morgan fingerprint density at radius 1 is 1.00 bits per heavy atom. The maximum absolute atomic E-state index is 13.3. The van der Waals surface area contributed by atoms with Gasteiger partial charge in [0.25, 0.3) is 0 Å². The smallest absolute Gasteiger partial charge is 0.219 e. The summed E-state index contributed by atoms with van der Waals surface area (Å²) in [5.41, 5.74) is 4.20. The lowest BCUT2D eigenvalue weighted by Gasteiger charge is -2.26. The molecule has 1 aromatic heterocycles. The predicted octanol–water partition coefficient (Wildman–Crippen LogP) is 3.72. The van der Waals surface area contributed by atoms with E-state index in [9.17, 15) is 13.6 Å². The van der Waals surface area contributed by atoms with Gasteiger partial charge in [-0.2, -0.15) is 5.10 Å². The van der Waals surface area contributed by atoms with Crippen LogP contribution >= 0.6 is 0 Å². The molecule has 0 bridgehead atoms. The minimum absolute atomic E-state index is 0.00948. The molecule has 0 saturated carbocycles. The first-order chi connectivity index (χ1) is 12.5. The summed E-state index contributed by atoms with van der Waals surface area (Å²) >= 11 is 0. The highest BCUT2D eigenvalue weighted by atomic mass is 19.1. The molecule has 2 aromatic carbocycles. The average Bonchev–Trinajstić information content (AvgIpc) is 3.02. The topological polar surface area (TPSA) is 38.1 Å². The standard InChI is InChI=1S/C20H17F2N3O/c1-13(26)24-11-10-19-18(12-24)20(14-2-4-15(21)5-3-14)23-25(19)17-8-6-16(22)7-9-17/h2-9H,10-12H2,1H3. The van der Waals surface area contributed by atoms with Gasteiger partial charge < -0.3 is 4.90 Å². The zero-order valence-corrected chi connectivity index (χ0v) is 14.2. The maximum atomic E-state index is 13.3. The minimum atomic E-state index is -0.314. The van der Waals surface area contributed by atoms with Crippen molar-refractivity contribution in [2.24, 2.45) is 0 Å². The number of carbonyl (C=O) groups is 1. The number of carbonyl (C=O) groups excluding carboxylic acids is 1. The second-order valence-electron chi connectivity index (χ2n) is 6.36. The number of fused-ring (bicyclic) bond motifs is 1. The number of halogens is 2. The Labute approximate surface area is 149 Å². The van der Waals surface area contributed by atoms with E-state index < -0.39 is 0 Å². The third-order valence-corrected chi connectivity index (χ3v) is 4.69. The van der Waals surface area contributed by atoms with Crippen LogP contribution in [0.3, 0.4) is 0 Å². The van der Waals surface area contributed by atoms with Gasteiger partial charge >= 0.3 is 0 Å². The van der Waals surface area contributed by atoms with Gasteiger partial charge in [-0.15, -0.1) is 0 Å². The molecular formula is C20H17F2N3O. The highest BCUT2D eigenvalue weighted by Gasteiger charge is 2.27. The number of nitrogens with zero attached hydrogens (tertiary/aromatic N) is 3. The first-order valence-electron chi connectivity index (χ1n) is 8.41. The molecule has 0 atom stereocenters. The number of amides is 1. The Kier molecular flexibility index (Phi) is 4.03. The van der Waals surface area contributed by atoms with Gasteiger partial charge in [-0.05, 0) is 48.5 Å². The van der Waals surface area contributed by atoms with Crippen molar-refractivity contribution in [3.8, 4) is 16.9 Å². The molecule has 1 aliphatic rings. The fourth-order valence-electron chi connectivity index (χ4n) is 3.32. The van der Waals surface area contributed by atoms with E-state index in [4.69, 9.17) is 5.10 Å². The van der Waals surface area contributed by atoms with E-state index in [1.54, 1.807) is 40.8 Å². The van der Waals surface area contributed by atoms with Gasteiger partial charge in [0.2, 0.25) is 5.91 Å². The summed E-state index contributed by atoms with van der Waals surface area (Å²) in [5, 5.41) is 4.72. The fraction of sp³-hybridized carbons (Fsp3) is 0.200. The van der Waals surface area contributed by atoms with Gasteiger partial charge in [-0.1, -0.05) is 0 Å². The summed E-state index contributed by atoms with van der Waals surface area (Å²) < 4.78 is 28.4. The highest BCUT2D eigenvalue weighted by molar-refractivity contribution is 5.75. The summed E-state index contributed by atoms with van der Waals surface area (Å²) in [5.74, 6) is -0.613. The molecule has 3 aromatic rings. The van der Waals surface area contributed by atoms with Crippen LogP contribution in [-0.2, 0) is 17.8 Å². The van der Waals surface area contributed by atoms with Crippen LogP contribution in [-0.4, -0.2) is 27.1 Å². The average molecular weight is 353 g/mol. The minimum Gasteiger partial charge on any atom is -0.338 e. The molecule has 2 heterocycles. The molecule has 0 spiro atoms. The van der Waals surface area contributed by atoms with Gasteiger partial charge in [0.15, 0.2) is 0 Å². The van der Waals surface area contributed by atoms with Crippen molar-refractivity contribution in [2.75, 3.05) is 6.54 Å². The van der Waals surface area contributed by atoms with Crippen LogP contribution in [0.1, 0.15) is 18.2 Å². The molecule has 0 unspecified atom stereocenters. The first-order valence-corrected chi connectivity index (χ1v) is 8.41. The number of rotatable bonds is 2. The SMILES string of the molecule is CC(=O)N1CCc2c(c(-c3ccc(F)cc3)nn2-c2ccc(F)cc2)C1. The van der Waals surface area contributed by atoms with Gasteiger partial charge in [-0.3, -0.25) is 4.79 Å². The molecule has 0 fully saturated rings. The monoisotopic (exact) mass is 353 g/mol. The highest BCUT2D eigenvalue weighted by Crippen LogP contribution is 2.32. The van der Waals surface area contributed by atoms with E-state index in [1.807, 2.05) is 0 Å². The third-order valence-electron chi connectivity index (χ3n) is 4.69. The molecule has 4 nitrogen and oxygen atoms in total. The van der Waals surface area contributed by atoms with Crippen molar-refractivity contribution in [1.82, 2.24) is 14.7 Å². The molecule has 6 heteroatoms. The van der Waals surface area contributed by atoms with Crippen molar-refractivity contribution in [2.45, 2.75) is 19.9 Å². The Morgan fingerprint density at radius 2 is 1.62 bits per heavy atom. The fourth-order valence-corrected chi connectivity index (χ4v) is 3.32. The lowest BCUT2D eigenvalue weighted by Crippen LogP contribution is -2.34. The van der Waals surface area contributed by atoms with Crippen LogP contribution in [0.2, 0.25) is 0 Å². The summed E-state index contributed by atoms with van der Waals surface area (Å²) in [6, 6.07) is 12.3. The molecule has 0 saturated heterocycles. The zero-order valence-electron chi connectivity index (χ0n) is 14.2. The lowest BCUT2D eigenvalue weighted by molar-refractivity contribution is -0.129. The van der Waals surface area contributed by atoms with Gasteiger partial charge in [-0.25, -0.2) is 13.5 Å². The van der Waals surface area contributed by atoms with E-state index in [0.29, 0.717) is 19.5 Å². The normalized spacial score (nSPS) is 13.6. The van der Waals surface area contributed by atoms with Crippen molar-refractivity contribution in [3.63, 3.8) is 0 Å². The predicted molar refractivity (Wildman–Crippen MR) is 93.7 cm³/mol. The van der Waals surface area contributed by atoms with E-state index in [0.717, 1.165) is 28.2 Å². The number of hydrogen-bond acceptors (Lipinski definition) is 2. The molecule has 132 valence electrons. The number of benzene rings is 2. The molecule has 1 amide bonds. The summed E-state index contributed by atoms with van der Waals surface area (Å²) in [7, 11) is 0. The summed E-state index contributed by atoms with van der Waals surface area (Å²) in [6.07, 6.45) is 0.653. The zero-order chi connectivity index (χ0) is 18.3. The van der Waals surface area contributed by atoms with Gasteiger partial charge in [0.05, 0.1) is 17.1 Å². The number of hydrogen-bond donors (Lipinski definition) is 0. The van der Waals surface area contributed by atoms with E-state index >= 15 is 0 Å². The molecule has 0 N–H and O–H groups in total. The van der Waals surface area contributed by atoms with E-state index in [-0.39, 0.29) is 17.5 Å². The Bertz CT molecular complexity index is 962. The van der Waals surface area contributed by atoms with E-state index in [2.05, 4.69) is 0 Å². The summed E-state index contributed by atoms with van der Waals surface area (Å²) in [4.78, 5) is 13.6. The molecule has 26 heavy (non-hydrogen) atoms. The summed E-state index contributed by atoms with van der Waals surface area (Å²) in [6.45, 7) is 2.61. The first kappa shape index (κ1) is 16.4. The second-order valence-corrected chi connectivity index (χ2v) is 6.36. The number of aromatic nitrogens is 2. The van der Waals surface area contributed by atoms with Crippen molar-refractivity contribution in [3.05, 3.63) is 71.4 Å². The van der Waals surface area contributed by atoms with Gasteiger partial charge in [0, 0.05) is 37.6 Å².